The van der Waals surface area contributed by atoms with E-state index in [1.54, 1.807) is 0 Å². The molecule has 0 unspecified atom stereocenters. The number of rotatable bonds is 6. The van der Waals surface area contributed by atoms with Crippen LogP contribution in [-0.4, -0.2) is 34.0 Å². The normalized spacial score (nSPS) is 11.1. The molecule has 136 valence electrons. The van der Waals surface area contributed by atoms with Gasteiger partial charge in [-0.15, -0.1) is 0 Å². The predicted molar refractivity (Wildman–Crippen MR) is 107 cm³/mol. The highest BCUT2D eigenvalue weighted by molar-refractivity contribution is 5.85. The molecular weight excluding hydrogens is 322 g/mol. The maximum atomic E-state index is 12.8. The molecule has 0 saturated heterocycles. The number of carbonyl (C=O) groups excluding carboxylic acids is 1. The number of benzene rings is 2. The van der Waals surface area contributed by atoms with Gasteiger partial charge in [-0.1, -0.05) is 49.2 Å². The van der Waals surface area contributed by atoms with Crippen LogP contribution in [0.5, 0.6) is 0 Å². The number of aromatic nitrogens is 2. The van der Waals surface area contributed by atoms with Crippen molar-refractivity contribution in [1.82, 2.24) is 14.5 Å². The van der Waals surface area contributed by atoms with Crippen molar-refractivity contribution in [1.29, 1.82) is 0 Å². The van der Waals surface area contributed by atoms with Gasteiger partial charge in [0.2, 0.25) is 5.91 Å². The third-order valence-corrected chi connectivity index (χ3v) is 4.84. The van der Waals surface area contributed by atoms with E-state index in [4.69, 9.17) is 4.98 Å². The minimum atomic E-state index is 0.118. The summed E-state index contributed by atoms with van der Waals surface area (Å²) in [5, 5.41) is 0. The number of hydrogen-bond donors (Lipinski definition) is 0. The SMILES string of the molecule is CCCCN(C)C(=O)Cn1c(-c2ccc(C)cc2C)nc2ccccc21. The largest absolute Gasteiger partial charge is 0.344 e. The quantitative estimate of drug-likeness (QED) is 0.653. The Balaban J connectivity index is 2.04. The van der Waals surface area contributed by atoms with E-state index in [1.807, 2.05) is 36.2 Å². The van der Waals surface area contributed by atoms with E-state index in [1.165, 1.54) is 11.1 Å². The molecule has 0 fully saturated rings. The number of amides is 1. The van der Waals surface area contributed by atoms with Crippen molar-refractivity contribution < 1.29 is 4.79 Å². The Labute approximate surface area is 155 Å². The van der Waals surface area contributed by atoms with Crippen LogP contribution in [-0.2, 0) is 11.3 Å². The predicted octanol–water partition coefficient (Wildman–Crippen LogP) is 4.58. The lowest BCUT2D eigenvalue weighted by Crippen LogP contribution is -2.31. The van der Waals surface area contributed by atoms with Crippen molar-refractivity contribution in [3.8, 4) is 11.4 Å². The summed E-state index contributed by atoms with van der Waals surface area (Å²) in [5.41, 5.74) is 5.40. The number of para-hydroxylation sites is 2. The molecular formula is C22H27N3O. The van der Waals surface area contributed by atoms with Crippen molar-refractivity contribution >= 4 is 16.9 Å². The van der Waals surface area contributed by atoms with E-state index in [0.29, 0.717) is 6.54 Å². The molecule has 1 aromatic heterocycles. The lowest BCUT2D eigenvalue weighted by molar-refractivity contribution is -0.130. The Bertz CT molecular complexity index is 926. The smallest absolute Gasteiger partial charge is 0.242 e. The summed E-state index contributed by atoms with van der Waals surface area (Å²) in [6, 6.07) is 14.4. The van der Waals surface area contributed by atoms with Gasteiger partial charge in [0.05, 0.1) is 11.0 Å². The lowest BCUT2D eigenvalue weighted by atomic mass is 10.1. The van der Waals surface area contributed by atoms with Gasteiger partial charge in [0.1, 0.15) is 12.4 Å². The van der Waals surface area contributed by atoms with Gasteiger partial charge in [0.25, 0.3) is 0 Å². The summed E-state index contributed by atoms with van der Waals surface area (Å²) in [4.78, 5) is 19.4. The van der Waals surface area contributed by atoms with Crippen LogP contribution < -0.4 is 0 Å². The van der Waals surface area contributed by atoms with Crippen molar-refractivity contribution in [2.45, 2.75) is 40.2 Å². The average molecular weight is 349 g/mol. The van der Waals surface area contributed by atoms with Gasteiger partial charge in [-0.2, -0.15) is 0 Å². The summed E-state index contributed by atoms with van der Waals surface area (Å²) >= 11 is 0. The third-order valence-electron chi connectivity index (χ3n) is 4.84. The van der Waals surface area contributed by atoms with Crippen molar-refractivity contribution in [2.75, 3.05) is 13.6 Å². The lowest BCUT2D eigenvalue weighted by Gasteiger charge is -2.18. The Morgan fingerprint density at radius 1 is 1.15 bits per heavy atom. The monoisotopic (exact) mass is 349 g/mol. The van der Waals surface area contributed by atoms with E-state index >= 15 is 0 Å². The number of hydrogen-bond acceptors (Lipinski definition) is 2. The molecule has 0 saturated carbocycles. The third kappa shape index (κ3) is 3.64. The molecule has 3 rings (SSSR count). The van der Waals surface area contributed by atoms with Crippen molar-refractivity contribution in [3.05, 3.63) is 53.6 Å². The molecule has 4 nitrogen and oxygen atoms in total. The second-order valence-electron chi connectivity index (χ2n) is 7.00. The van der Waals surface area contributed by atoms with Crippen LogP contribution >= 0.6 is 0 Å². The van der Waals surface area contributed by atoms with Gasteiger partial charge in [-0.05, 0) is 38.0 Å². The molecule has 4 heteroatoms. The molecule has 3 aromatic rings. The zero-order valence-electron chi connectivity index (χ0n) is 16.1. The van der Waals surface area contributed by atoms with Crippen LogP contribution in [0.15, 0.2) is 42.5 Å². The van der Waals surface area contributed by atoms with Crippen LogP contribution in [0.1, 0.15) is 30.9 Å². The van der Waals surface area contributed by atoms with Crippen LogP contribution in [0.2, 0.25) is 0 Å². The van der Waals surface area contributed by atoms with Crippen molar-refractivity contribution in [2.24, 2.45) is 0 Å². The second kappa shape index (κ2) is 7.73. The molecule has 0 spiro atoms. The minimum absolute atomic E-state index is 0.118. The molecule has 0 aliphatic heterocycles. The maximum Gasteiger partial charge on any atom is 0.242 e. The fraction of sp³-hybridized carbons (Fsp3) is 0.364. The minimum Gasteiger partial charge on any atom is -0.344 e. The first-order chi connectivity index (χ1) is 12.5. The summed E-state index contributed by atoms with van der Waals surface area (Å²) in [7, 11) is 1.88. The van der Waals surface area contributed by atoms with Gasteiger partial charge < -0.3 is 9.47 Å². The van der Waals surface area contributed by atoms with Crippen molar-refractivity contribution in [3.63, 3.8) is 0 Å². The highest BCUT2D eigenvalue weighted by atomic mass is 16.2. The van der Waals surface area contributed by atoms with Gasteiger partial charge in [-0.3, -0.25) is 4.79 Å². The first-order valence-electron chi connectivity index (χ1n) is 9.28. The fourth-order valence-electron chi connectivity index (χ4n) is 3.28. The van der Waals surface area contributed by atoms with Crippen LogP contribution in [0.4, 0.5) is 0 Å². The number of likely N-dealkylation sites (N-methyl/N-ethyl adjacent to an activating group) is 1. The summed E-state index contributed by atoms with van der Waals surface area (Å²) in [6.45, 7) is 7.43. The number of imidazole rings is 1. The Kier molecular flexibility index (Phi) is 5.40. The zero-order valence-corrected chi connectivity index (χ0v) is 16.1. The van der Waals surface area contributed by atoms with E-state index < -0.39 is 0 Å². The van der Waals surface area contributed by atoms with E-state index in [-0.39, 0.29) is 5.91 Å². The molecule has 1 heterocycles. The molecule has 2 aromatic carbocycles. The Hall–Kier alpha value is -2.62. The number of nitrogens with zero attached hydrogens (tertiary/aromatic N) is 3. The van der Waals surface area contributed by atoms with Gasteiger partial charge in [0, 0.05) is 19.2 Å². The summed E-state index contributed by atoms with van der Waals surface area (Å²) in [6.07, 6.45) is 2.11. The molecule has 1 amide bonds. The zero-order chi connectivity index (χ0) is 18.7. The van der Waals surface area contributed by atoms with Crippen LogP contribution in [0, 0.1) is 13.8 Å². The van der Waals surface area contributed by atoms with E-state index in [2.05, 4.69) is 43.5 Å². The van der Waals surface area contributed by atoms with Crippen LogP contribution in [0.25, 0.3) is 22.4 Å². The Morgan fingerprint density at radius 2 is 1.92 bits per heavy atom. The fourth-order valence-corrected chi connectivity index (χ4v) is 3.28. The first kappa shape index (κ1) is 18.2. The van der Waals surface area contributed by atoms with Crippen LogP contribution in [0.3, 0.4) is 0 Å². The van der Waals surface area contributed by atoms with Gasteiger partial charge in [0.15, 0.2) is 0 Å². The van der Waals surface area contributed by atoms with E-state index in [9.17, 15) is 4.79 Å². The highest BCUT2D eigenvalue weighted by Crippen LogP contribution is 2.28. The summed E-state index contributed by atoms with van der Waals surface area (Å²) < 4.78 is 2.05. The second-order valence-corrected chi connectivity index (χ2v) is 7.00. The molecule has 0 N–H and O–H groups in total. The molecule has 0 bridgehead atoms. The standard InChI is InChI=1S/C22H27N3O/c1-5-6-13-24(4)21(26)15-25-20-10-8-7-9-19(20)23-22(25)18-12-11-16(2)14-17(18)3/h7-12,14H,5-6,13,15H2,1-4H3. The first-order valence-corrected chi connectivity index (χ1v) is 9.28. The molecule has 0 radical (unpaired) electrons. The topological polar surface area (TPSA) is 38.1 Å². The molecule has 0 aliphatic carbocycles. The average Bonchev–Trinajstić information content (AvgIpc) is 2.98. The number of carbonyl (C=O) groups is 1. The number of fused-ring (bicyclic) bond motifs is 1. The number of aryl methyl sites for hydroxylation is 2. The molecule has 0 aliphatic rings. The highest BCUT2D eigenvalue weighted by Gasteiger charge is 2.18. The Morgan fingerprint density at radius 3 is 2.65 bits per heavy atom. The molecule has 26 heavy (non-hydrogen) atoms. The van der Waals surface area contributed by atoms with Gasteiger partial charge in [-0.25, -0.2) is 4.98 Å². The van der Waals surface area contributed by atoms with Gasteiger partial charge >= 0.3 is 0 Å². The summed E-state index contributed by atoms with van der Waals surface area (Å²) in [5.74, 6) is 0.980. The maximum absolute atomic E-state index is 12.8. The molecule has 0 atom stereocenters. The number of unbranched alkanes of at least 4 members (excludes halogenated alkanes) is 1. The van der Waals surface area contributed by atoms with E-state index in [0.717, 1.165) is 41.8 Å².